The van der Waals surface area contributed by atoms with E-state index in [1.807, 2.05) is 6.08 Å². The first-order chi connectivity index (χ1) is 6.22. The molecule has 0 aromatic heterocycles. The maximum Gasteiger partial charge on any atom is 0.155 e. The lowest BCUT2D eigenvalue weighted by molar-refractivity contribution is -0.115. The molecule has 1 aliphatic carbocycles. The number of hydrogen-bond acceptors (Lipinski definition) is 1. The van der Waals surface area contributed by atoms with E-state index in [-0.39, 0.29) is 0 Å². The molecular formula is C12H20O. The SMILES string of the molecule is CCCC(C)CC1=CC(=O)CCC1. The summed E-state index contributed by atoms with van der Waals surface area (Å²) in [6, 6.07) is 0. The van der Waals surface area contributed by atoms with E-state index in [1.165, 1.54) is 18.4 Å². The van der Waals surface area contributed by atoms with Gasteiger partial charge in [-0.1, -0.05) is 32.3 Å². The highest BCUT2D eigenvalue weighted by molar-refractivity contribution is 5.91. The van der Waals surface area contributed by atoms with Gasteiger partial charge in [-0.25, -0.2) is 0 Å². The number of carbonyl (C=O) groups is 1. The zero-order chi connectivity index (χ0) is 9.68. The highest BCUT2D eigenvalue weighted by Crippen LogP contribution is 2.23. The highest BCUT2D eigenvalue weighted by Gasteiger charge is 2.11. The van der Waals surface area contributed by atoms with Crippen molar-refractivity contribution in [2.24, 2.45) is 5.92 Å². The van der Waals surface area contributed by atoms with Gasteiger partial charge in [0.05, 0.1) is 0 Å². The Balaban J connectivity index is 2.39. The van der Waals surface area contributed by atoms with Crippen LogP contribution in [0, 0.1) is 5.92 Å². The summed E-state index contributed by atoms with van der Waals surface area (Å²) in [7, 11) is 0. The lowest BCUT2D eigenvalue weighted by atomic mass is 9.90. The van der Waals surface area contributed by atoms with Crippen LogP contribution in [0.5, 0.6) is 0 Å². The van der Waals surface area contributed by atoms with Crippen LogP contribution >= 0.6 is 0 Å². The van der Waals surface area contributed by atoms with Gasteiger partial charge < -0.3 is 0 Å². The van der Waals surface area contributed by atoms with E-state index in [0.29, 0.717) is 5.78 Å². The van der Waals surface area contributed by atoms with Crippen molar-refractivity contribution >= 4 is 5.78 Å². The largest absolute Gasteiger partial charge is 0.295 e. The van der Waals surface area contributed by atoms with Crippen molar-refractivity contribution in [1.29, 1.82) is 0 Å². The normalized spacial score (nSPS) is 19.8. The van der Waals surface area contributed by atoms with Gasteiger partial charge in [-0.2, -0.15) is 0 Å². The van der Waals surface area contributed by atoms with Gasteiger partial charge in [-0.05, 0) is 31.3 Å². The van der Waals surface area contributed by atoms with Crippen LogP contribution in [-0.4, -0.2) is 5.78 Å². The molecule has 0 bridgehead atoms. The van der Waals surface area contributed by atoms with E-state index in [0.717, 1.165) is 31.6 Å². The number of rotatable bonds is 4. The van der Waals surface area contributed by atoms with E-state index >= 15 is 0 Å². The summed E-state index contributed by atoms with van der Waals surface area (Å²) in [5.74, 6) is 1.09. The topological polar surface area (TPSA) is 17.1 Å². The van der Waals surface area contributed by atoms with E-state index in [2.05, 4.69) is 13.8 Å². The van der Waals surface area contributed by atoms with Gasteiger partial charge in [0.1, 0.15) is 0 Å². The average Bonchev–Trinajstić information content (AvgIpc) is 2.04. The monoisotopic (exact) mass is 180 g/mol. The third-order valence-electron chi connectivity index (χ3n) is 2.68. The van der Waals surface area contributed by atoms with Crippen LogP contribution in [0.4, 0.5) is 0 Å². The second-order valence-electron chi connectivity index (χ2n) is 4.22. The van der Waals surface area contributed by atoms with Crippen molar-refractivity contribution in [2.45, 2.75) is 52.4 Å². The molecule has 1 aliphatic rings. The minimum atomic E-state index is 0.338. The van der Waals surface area contributed by atoms with Crippen LogP contribution in [0.3, 0.4) is 0 Å². The van der Waals surface area contributed by atoms with Crippen LogP contribution in [-0.2, 0) is 4.79 Å². The molecule has 0 aromatic rings. The summed E-state index contributed by atoms with van der Waals surface area (Å²) in [4.78, 5) is 11.1. The standard InChI is InChI=1S/C12H20O/c1-3-5-10(2)8-11-6-4-7-12(13)9-11/h9-10H,3-8H2,1-2H3. The quantitative estimate of drug-likeness (QED) is 0.647. The lowest BCUT2D eigenvalue weighted by Crippen LogP contribution is -2.05. The molecule has 0 aromatic carbocycles. The molecule has 0 radical (unpaired) electrons. The molecule has 0 heterocycles. The third kappa shape index (κ3) is 3.75. The Bertz CT molecular complexity index is 203. The lowest BCUT2D eigenvalue weighted by Gasteiger charge is -2.16. The minimum absolute atomic E-state index is 0.338. The molecule has 0 saturated heterocycles. The number of hydrogen-bond donors (Lipinski definition) is 0. The first-order valence-electron chi connectivity index (χ1n) is 5.44. The molecule has 1 nitrogen and oxygen atoms in total. The summed E-state index contributed by atoms with van der Waals surface area (Å²) >= 11 is 0. The van der Waals surface area contributed by atoms with Gasteiger partial charge in [0.2, 0.25) is 0 Å². The minimum Gasteiger partial charge on any atom is -0.295 e. The van der Waals surface area contributed by atoms with Crippen LogP contribution in [0.15, 0.2) is 11.6 Å². The fourth-order valence-corrected chi connectivity index (χ4v) is 2.07. The van der Waals surface area contributed by atoms with Crippen LogP contribution in [0.1, 0.15) is 52.4 Å². The molecule has 1 rings (SSSR count). The second-order valence-corrected chi connectivity index (χ2v) is 4.22. The van der Waals surface area contributed by atoms with Crippen molar-refractivity contribution in [2.75, 3.05) is 0 Å². The molecule has 74 valence electrons. The predicted molar refractivity (Wildman–Crippen MR) is 55.6 cm³/mol. The number of ketones is 1. The Morgan fingerprint density at radius 1 is 1.46 bits per heavy atom. The maximum atomic E-state index is 11.1. The summed E-state index contributed by atoms with van der Waals surface area (Å²) in [5, 5.41) is 0. The number of carbonyl (C=O) groups excluding carboxylic acids is 1. The van der Waals surface area contributed by atoms with E-state index in [1.54, 1.807) is 0 Å². The number of allylic oxidation sites excluding steroid dienone is 2. The highest BCUT2D eigenvalue weighted by atomic mass is 16.1. The van der Waals surface area contributed by atoms with E-state index in [4.69, 9.17) is 0 Å². The van der Waals surface area contributed by atoms with Crippen LogP contribution in [0.2, 0.25) is 0 Å². The molecule has 0 spiro atoms. The third-order valence-corrected chi connectivity index (χ3v) is 2.68. The van der Waals surface area contributed by atoms with Crippen molar-refractivity contribution in [3.63, 3.8) is 0 Å². The van der Waals surface area contributed by atoms with Crippen molar-refractivity contribution in [1.82, 2.24) is 0 Å². The van der Waals surface area contributed by atoms with Gasteiger partial charge in [-0.15, -0.1) is 0 Å². The zero-order valence-corrected chi connectivity index (χ0v) is 8.81. The van der Waals surface area contributed by atoms with Crippen molar-refractivity contribution in [3.8, 4) is 0 Å². The predicted octanol–water partition coefficient (Wildman–Crippen LogP) is 3.49. The fraction of sp³-hybridized carbons (Fsp3) is 0.750. The maximum absolute atomic E-state index is 11.1. The first-order valence-corrected chi connectivity index (χ1v) is 5.44. The van der Waals surface area contributed by atoms with Crippen LogP contribution < -0.4 is 0 Å². The molecule has 1 unspecified atom stereocenters. The Kier molecular flexibility index (Phi) is 4.20. The Hall–Kier alpha value is -0.590. The van der Waals surface area contributed by atoms with Crippen LogP contribution in [0.25, 0.3) is 0 Å². The average molecular weight is 180 g/mol. The summed E-state index contributed by atoms with van der Waals surface area (Å²) in [6.07, 6.45) is 8.55. The Morgan fingerprint density at radius 2 is 2.23 bits per heavy atom. The molecule has 0 N–H and O–H groups in total. The van der Waals surface area contributed by atoms with Gasteiger partial charge in [0, 0.05) is 6.42 Å². The Morgan fingerprint density at radius 3 is 2.85 bits per heavy atom. The van der Waals surface area contributed by atoms with Gasteiger partial charge >= 0.3 is 0 Å². The molecular weight excluding hydrogens is 160 g/mol. The van der Waals surface area contributed by atoms with Gasteiger partial charge in [-0.3, -0.25) is 4.79 Å². The van der Waals surface area contributed by atoms with Crippen molar-refractivity contribution < 1.29 is 4.79 Å². The van der Waals surface area contributed by atoms with E-state index in [9.17, 15) is 4.79 Å². The first kappa shape index (κ1) is 10.5. The summed E-state index contributed by atoms with van der Waals surface area (Å²) in [6.45, 7) is 4.50. The molecule has 1 heteroatoms. The summed E-state index contributed by atoms with van der Waals surface area (Å²) in [5.41, 5.74) is 1.39. The zero-order valence-electron chi connectivity index (χ0n) is 8.81. The molecule has 0 aliphatic heterocycles. The molecule has 0 fully saturated rings. The van der Waals surface area contributed by atoms with Gasteiger partial charge in [0.25, 0.3) is 0 Å². The molecule has 0 amide bonds. The smallest absolute Gasteiger partial charge is 0.155 e. The summed E-state index contributed by atoms with van der Waals surface area (Å²) < 4.78 is 0. The molecule has 1 atom stereocenters. The molecule has 13 heavy (non-hydrogen) atoms. The Labute approximate surface area is 81.2 Å². The van der Waals surface area contributed by atoms with Gasteiger partial charge in [0.15, 0.2) is 5.78 Å². The fourth-order valence-electron chi connectivity index (χ4n) is 2.07. The van der Waals surface area contributed by atoms with Crippen molar-refractivity contribution in [3.05, 3.63) is 11.6 Å². The molecule has 0 saturated carbocycles. The second kappa shape index (κ2) is 5.21. The van der Waals surface area contributed by atoms with E-state index < -0.39 is 0 Å².